The molecule has 1 fully saturated rings. The van der Waals surface area contributed by atoms with E-state index in [2.05, 4.69) is 36.2 Å². The van der Waals surface area contributed by atoms with E-state index < -0.39 is 0 Å². The van der Waals surface area contributed by atoms with Crippen LogP contribution in [0.3, 0.4) is 0 Å². The number of nitrogens with zero attached hydrogens (tertiary/aromatic N) is 2. The highest BCUT2D eigenvalue weighted by molar-refractivity contribution is 5.93. The van der Waals surface area contributed by atoms with Gasteiger partial charge in [0.25, 0.3) is 0 Å². The van der Waals surface area contributed by atoms with Gasteiger partial charge in [0.05, 0.1) is 6.54 Å². The number of benzene rings is 2. The van der Waals surface area contributed by atoms with E-state index in [-0.39, 0.29) is 17.9 Å². The van der Waals surface area contributed by atoms with Crippen molar-refractivity contribution < 1.29 is 9.59 Å². The Hall–Kier alpha value is -2.66. The van der Waals surface area contributed by atoms with Crippen molar-refractivity contribution in [1.29, 1.82) is 0 Å². The normalized spacial score (nSPS) is 13.5. The Bertz CT molecular complexity index is 871. The molecule has 2 aromatic carbocycles. The predicted molar refractivity (Wildman–Crippen MR) is 126 cm³/mol. The van der Waals surface area contributed by atoms with Gasteiger partial charge in [-0.25, -0.2) is 0 Å². The fraction of sp³-hybridized carbons (Fsp3) is 0.462. The van der Waals surface area contributed by atoms with Crippen molar-refractivity contribution in [3.8, 4) is 0 Å². The maximum atomic E-state index is 13.0. The highest BCUT2D eigenvalue weighted by atomic mass is 16.2. The third-order valence-corrected chi connectivity index (χ3v) is 5.91. The van der Waals surface area contributed by atoms with Crippen LogP contribution < -0.4 is 5.32 Å². The van der Waals surface area contributed by atoms with E-state index >= 15 is 0 Å². The summed E-state index contributed by atoms with van der Waals surface area (Å²) in [7, 11) is 0. The molecule has 0 aliphatic heterocycles. The Kier molecular flexibility index (Phi) is 7.85. The lowest BCUT2D eigenvalue weighted by Crippen LogP contribution is -2.41. The summed E-state index contributed by atoms with van der Waals surface area (Å²) in [5.41, 5.74) is 4.16. The lowest BCUT2D eigenvalue weighted by Gasteiger charge is -2.29. The van der Waals surface area contributed by atoms with Crippen LogP contribution in [0.4, 0.5) is 5.69 Å². The number of nitrogens with one attached hydrogen (secondary N) is 1. The molecule has 0 heterocycles. The molecule has 0 atom stereocenters. The van der Waals surface area contributed by atoms with E-state index in [0.717, 1.165) is 35.2 Å². The van der Waals surface area contributed by atoms with Gasteiger partial charge in [-0.05, 0) is 57.2 Å². The van der Waals surface area contributed by atoms with Crippen LogP contribution in [0.2, 0.25) is 0 Å². The van der Waals surface area contributed by atoms with Crippen LogP contribution in [-0.2, 0) is 16.1 Å². The number of rotatable bonds is 10. The molecule has 0 spiro atoms. The first-order chi connectivity index (χ1) is 14.8. The zero-order valence-corrected chi connectivity index (χ0v) is 19.2. The first-order valence-corrected chi connectivity index (χ1v) is 11.3. The number of hydrogen-bond acceptors (Lipinski definition) is 3. The Balaban J connectivity index is 1.57. The Morgan fingerprint density at radius 2 is 1.65 bits per heavy atom. The van der Waals surface area contributed by atoms with Crippen molar-refractivity contribution in [2.24, 2.45) is 0 Å². The Labute approximate surface area is 186 Å². The van der Waals surface area contributed by atoms with Crippen molar-refractivity contribution in [3.05, 3.63) is 65.2 Å². The summed E-state index contributed by atoms with van der Waals surface area (Å²) < 4.78 is 0. The zero-order chi connectivity index (χ0) is 22.4. The van der Waals surface area contributed by atoms with E-state index in [4.69, 9.17) is 0 Å². The maximum absolute atomic E-state index is 13.0. The van der Waals surface area contributed by atoms with Crippen LogP contribution in [0.1, 0.15) is 49.8 Å². The van der Waals surface area contributed by atoms with Crippen LogP contribution in [0.15, 0.2) is 48.5 Å². The molecule has 1 saturated carbocycles. The highest BCUT2D eigenvalue weighted by Gasteiger charge is 2.31. The zero-order valence-electron chi connectivity index (χ0n) is 19.2. The van der Waals surface area contributed by atoms with Gasteiger partial charge in [-0.1, -0.05) is 48.5 Å². The fourth-order valence-electron chi connectivity index (χ4n) is 3.93. The van der Waals surface area contributed by atoms with Gasteiger partial charge in [-0.3, -0.25) is 14.5 Å². The summed E-state index contributed by atoms with van der Waals surface area (Å²) in [6.45, 7) is 9.68. The molecule has 1 N–H and O–H groups in total. The van der Waals surface area contributed by atoms with Gasteiger partial charge in [-0.15, -0.1) is 0 Å². The molecule has 0 saturated heterocycles. The number of amides is 2. The van der Waals surface area contributed by atoms with Crippen molar-refractivity contribution in [3.63, 3.8) is 0 Å². The largest absolute Gasteiger partial charge is 0.336 e. The first-order valence-electron chi connectivity index (χ1n) is 11.3. The van der Waals surface area contributed by atoms with Gasteiger partial charge in [0.1, 0.15) is 0 Å². The van der Waals surface area contributed by atoms with Crippen LogP contribution in [0.5, 0.6) is 0 Å². The summed E-state index contributed by atoms with van der Waals surface area (Å²) >= 11 is 0. The van der Waals surface area contributed by atoms with E-state index in [0.29, 0.717) is 32.1 Å². The number of hydrogen-bond donors (Lipinski definition) is 1. The van der Waals surface area contributed by atoms with E-state index in [1.165, 1.54) is 0 Å². The molecule has 5 heteroatoms. The van der Waals surface area contributed by atoms with Crippen molar-refractivity contribution in [2.75, 3.05) is 18.4 Å². The molecule has 31 heavy (non-hydrogen) atoms. The lowest BCUT2D eigenvalue weighted by atomic mass is 10.1. The number of carbonyl (C=O) groups excluding carboxylic acids is 2. The topological polar surface area (TPSA) is 52.7 Å². The van der Waals surface area contributed by atoms with Crippen molar-refractivity contribution in [1.82, 2.24) is 9.80 Å². The average molecular weight is 422 g/mol. The van der Waals surface area contributed by atoms with Gasteiger partial charge < -0.3 is 10.2 Å². The second-order valence-electron chi connectivity index (χ2n) is 8.87. The molecule has 3 rings (SSSR count). The molecule has 1 aliphatic rings. The second kappa shape index (κ2) is 10.6. The number of anilines is 1. The van der Waals surface area contributed by atoms with Gasteiger partial charge in [0.15, 0.2) is 0 Å². The number of para-hydroxylation sites is 1. The van der Waals surface area contributed by atoms with E-state index in [9.17, 15) is 9.59 Å². The molecule has 0 aromatic heterocycles. The molecule has 5 nitrogen and oxygen atoms in total. The van der Waals surface area contributed by atoms with Gasteiger partial charge in [0.2, 0.25) is 11.8 Å². The minimum absolute atomic E-state index is 0.0123. The predicted octanol–water partition coefficient (Wildman–Crippen LogP) is 4.53. The molecular weight excluding hydrogens is 386 g/mol. The Morgan fingerprint density at radius 1 is 1.00 bits per heavy atom. The molecule has 1 aliphatic carbocycles. The molecule has 166 valence electrons. The standard InChI is InChI=1S/C26H35N3O2/c1-19(2)29(17-22-11-6-5-7-12-22)25(31)15-16-28(23-13-14-23)18-24(30)27-26-20(3)9-8-10-21(26)4/h5-12,19,23H,13-18H2,1-4H3,(H,27,30). The monoisotopic (exact) mass is 421 g/mol. The van der Waals surface area contributed by atoms with E-state index in [1.54, 1.807) is 0 Å². The summed E-state index contributed by atoms with van der Waals surface area (Å²) in [4.78, 5) is 29.8. The Morgan fingerprint density at radius 3 is 2.23 bits per heavy atom. The van der Waals surface area contributed by atoms with Crippen molar-refractivity contribution in [2.45, 2.75) is 65.6 Å². The highest BCUT2D eigenvalue weighted by Crippen LogP contribution is 2.27. The second-order valence-corrected chi connectivity index (χ2v) is 8.87. The number of aryl methyl sites for hydroxylation is 2. The molecule has 0 unspecified atom stereocenters. The van der Waals surface area contributed by atoms with E-state index in [1.807, 2.05) is 55.1 Å². The van der Waals surface area contributed by atoms with Gasteiger partial charge >= 0.3 is 0 Å². The third kappa shape index (κ3) is 6.66. The maximum Gasteiger partial charge on any atom is 0.238 e. The average Bonchev–Trinajstić information content (AvgIpc) is 3.58. The molecular formula is C26H35N3O2. The van der Waals surface area contributed by atoms with Crippen LogP contribution in [0.25, 0.3) is 0 Å². The summed E-state index contributed by atoms with van der Waals surface area (Å²) in [5.74, 6) is 0.126. The molecule has 0 radical (unpaired) electrons. The van der Waals surface area contributed by atoms with Crippen LogP contribution in [0, 0.1) is 13.8 Å². The summed E-state index contributed by atoms with van der Waals surface area (Å²) in [6.07, 6.45) is 2.63. The summed E-state index contributed by atoms with van der Waals surface area (Å²) in [6, 6.07) is 16.7. The molecule has 2 aromatic rings. The quantitative estimate of drug-likeness (QED) is 0.613. The fourth-order valence-corrected chi connectivity index (χ4v) is 3.93. The van der Waals surface area contributed by atoms with Crippen LogP contribution >= 0.6 is 0 Å². The van der Waals surface area contributed by atoms with Crippen molar-refractivity contribution >= 4 is 17.5 Å². The molecule has 2 amide bonds. The number of carbonyl (C=O) groups is 2. The first kappa shape index (κ1) is 23.0. The minimum atomic E-state index is -0.0123. The third-order valence-electron chi connectivity index (χ3n) is 5.91. The smallest absolute Gasteiger partial charge is 0.238 e. The lowest BCUT2D eigenvalue weighted by molar-refractivity contribution is -0.134. The summed E-state index contributed by atoms with van der Waals surface area (Å²) in [5, 5.41) is 3.08. The van der Waals surface area contributed by atoms with Gasteiger partial charge in [-0.2, -0.15) is 0 Å². The molecule has 0 bridgehead atoms. The van der Waals surface area contributed by atoms with Crippen LogP contribution in [-0.4, -0.2) is 46.8 Å². The minimum Gasteiger partial charge on any atom is -0.336 e. The van der Waals surface area contributed by atoms with Gasteiger partial charge in [0, 0.05) is 37.3 Å². The SMILES string of the molecule is Cc1cccc(C)c1NC(=O)CN(CCC(=O)N(Cc1ccccc1)C(C)C)C1CC1.